The molecule has 2 aromatic carbocycles. The van der Waals surface area contributed by atoms with Crippen LogP contribution in [-0.2, 0) is 0 Å². The topological polar surface area (TPSA) is 69.2 Å². The molecule has 7 heteroatoms. The van der Waals surface area contributed by atoms with E-state index >= 15 is 0 Å². The molecule has 158 valence electrons. The first kappa shape index (κ1) is 20.5. The van der Waals surface area contributed by atoms with Gasteiger partial charge in [0.05, 0.1) is 13.2 Å². The second kappa shape index (κ2) is 8.95. The van der Waals surface area contributed by atoms with Crippen LogP contribution >= 0.6 is 0 Å². The van der Waals surface area contributed by atoms with E-state index in [0.717, 1.165) is 10.9 Å². The summed E-state index contributed by atoms with van der Waals surface area (Å²) in [6.45, 7) is 4.74. The van der Waals surface area contributed by atoms with Crippen molar-refractivity contribution in [1.82, 2.24) is 15.0 Å². The lowest BCUT2D eigenvalue weighted by molar-refractivity contribution is 0.339. The first-order valence-electron chi connectivity index (χ1n) is 10.1. The monoisotopic (exact) mass is 418 g/mol. The fourth-order valence-electron chi connectivity index (χ4n) is 3.42. The Balaban J connectivity index is 1.96. The highest BCUT2D eigenvalue weighted by Crippen LogP contribution is 2.37. The highest BCUT2D eigenvalue weighted by molar-refractivity contribution is 5.98. The fraction of sp³-hybridized carbons (Fsp3) is 0.208. The van der Waals surface area contributed by atoms with Crippen molar-refractivity contribution in [1.29, 1.82) is 0 Å². The molecular formula is C24H23FN4O2. The van der Waals surface area contributed by atoms with Gasteiger partial charge in [0, 0.05) is 36.0 Å². The fourth-order valence-corrected chi connectivity index (χ4v) is 3.42. The van der Waals surface area contributed by atoms with Gasteiger partial charge in [-0.1, -0.05) is 0 Å². The lowest BCUT2D eigenvalue weighted by Gasteiger charge is -2.15. The summed E-state index contributed by atoms with van der Waals surface area (Å²) in [6.07, 6.45) is 3.41. The smallest absolute Gasteiger partial charge is 0.163 e. The van der Waals surface area contributed by atoms with Gasteiger partial charge in [-0.3, -0.25) is 4.98 Å². The third-order valence-corrected chi connectivity index (χ3v) is 4.78. The molecule has 0 amide bonds. The molecule has 4 aromatic rings. The van der Waals surface area contributed by atoms with Crippen molar-refractivity contribution in [3.05, 3.63) is 60.7 Å². The summed E-state index contributed by atoms with van der Waals surface area (Å²) in [6, 6.07) is 12.1. The van der Waals surface area contributed by atoms with Crippen molar-refractivity contribution in [2.45, 2.75) is 13.8 Å². The number of ether oxygens (including phenoxy) is 2. The van der Waals surface area contributed by atoms with Gasteiger partial charge in [-0.25, -0.2) is 14.4 Å². The van der Waals surface area contributed by atoms with Crippen LogP contribution in [0.4, 0.5) is 10.2 Å². The van der Waals surface area contributed by atoms with Gasteiger partial charge in [0.1, 0.15) is 28.7 Å². The summed E-state index contributed by atoms with van der Waals surface area (Å²) < 4.78 is 26.2. The summed E-state index contributed by atoms with van der Waals surface area (Å²) in [5.41, 5.74) is 2.52. The number of anilines is 1. The van der Waals surface area contributed by atoms with E-state index in [9.17, 15) is 4.39 Å². The number of benzene rings is 2. The number of fused-ring (bicyclic) bond motifs is 1. The van der Waals surface area contributed by atoms with Crippen molar-refractivity contribution in [3.8, 4) is 34.0 Å². The van der Waals surface area contributed by atoms with E-state index in [0.29, 0.717) is 53.0 Å². The molecule has 0 atom stereocenters. The zero-order valence-electron chi connectivity index (χ0n) is 17.6. The second-order valence-corrected chi connectivity index (χ2v) is 6.77. The van der Waals surface area contributed by atoms with Gasteiger partial charge in [0.15, 0.2) is 5.82 Å². The Bertz CT molecular complexity index is 1220. The summed E-state index contributed by atoms with van der Waals surface area (Å²) in [7, 11) is 1.79. The third kappa shape index (κ3) is 4.12. The van der Waals surface area contributed by atoms with E-state index in [2.05, 4.69) is 15.3 Å². The predicted molar refractivity (Wildman–Crippen MR) is 120 cm³/mol. The van der Waals surface area contributed by atoms with Gasteiger partial charge < -0.3 is 14.8 Å². The minimum absolute atomic E-state index is 0.343. The first-order chi connectivity index (χ1) is 15.1. The van der Waals surface area contributed by atoms with E-state index in [1.54, 1.807) is 37.6 Å². The zero-order valence-corrected chi connectivity index (χ0v) is 17.6. The van der Waals surface area contributed by atoms with Crippen molar-refractivity contribution < 1.29 is 13.9 Å². The second-order valence-electron chi connectivity index (χ2n) is 6.77. The molecule has 4 rings (SSSR count). The summed E-state index contributed by atoms with van der Waals surface area (Å²) >= 11 is 0. The minimum Gasteiger partial charge on any atom is -0.494 e. The van der Waals surface area contributed by atoms with E-state index in [1.807, 2.05) is 32.0 Å². The SMILES string of the molecule is CCOc1ccc(F)c(-c2cc(OCC)c3nc(-c4cccnc4)nc(NC)c3c2)c1. The number of hydrogen-bond acceptors (Lipinski definition) is 6. The van der Waals surface area contributed by atoms with Crippen LogP contribution in [0.5, 0.6) is 11.5 Å². The van der Waals surface area contributed by atoms with Gasteiger partial charge in [0.2, 0.25) is 0 Å². The molecule has 2 aromatic heterocycles. The normalized spacial score (nSPS) is 10.8. The van der Waals surface area contributed by atoms with E-state index < -0.39 is 0 Å². The predicted octanol–water partition coefficient (Wildman–Crippen LogP) is 5.34. The van der Waals surface area contributed by atoms with Crippen LogP contribution in [0.1, 0.15) is 13.8 Å². The molecule has 0 saturated carbocycles. The van der Waals surface area contributed by atoms with E-state index in [1.165, 1.54) is 6.07 Å². The van der Waals surface area contributed by atoms with Gasteiger partial charge >= 0.3 is 0 Å². The zero-order chi connectivity index (χ0) is 21.8. The minimum atomic E-state index is -0.343. The largest absolute Gasteiger partial charge is 0.494 e. The number of rotatable bonds is 7. The van der Waals surface area contributed by atoms with Gasteiger partial charge in [-0.15, -0.1) is 0 Å². The number of pyridine rings is 1. The van der Waals surface area contributed by atoms with Crippen LogP contribution in [0.15, 0.2) is 54.9 Å². The Hall–Kier alpha value is -3.74. The maximum absolute atomic E-state index is 14.7. The average Bonchev–Trinajstić information content (AvgIpc) is 2.80. The molecule has 2 heterocycles. The molecule has 0 aliphatic rings. The van der Waals surface area contributed by atoms with Gasteiger partial charge in [0.25, 0.3) is 0 Å². The van der Waals surface area contributed by atoms with E-state index in [-0.39, 0.29) is 5.82 Å². The molecule has 31 heavy (non-hydrogen) atoms. The Kier molecular flexibility index (Phi) is 5.93. The Morgan fingerprint density at radius 1 is 0.968 bits per heavy atom. The first-order valence-corrected chi connectivity index (χ1v) is 10.1. The number of halogens is 1. The number of nitrogens with zero attached hydrogens (tertiary/aromatic N) is 3. The quantitative estimate of drug-likeness (QED) is 0.437. The molecule has 6 nitrogen and oxygen atoms in total. The van der Waals surface area contributed by atoms with Gasteiger partial charge in [-0.2, -0.15) is 0 Å². The van der Waals surface area contributed by atoms with Crippen LogP contribution in [-0.4, -0.2) is 35.2 Å². The summed E-state index contributed by atoms with van der Waals surface area (Å²) in [5.74, 6) is 1.97. The Morgan fingerprint density at radius 3 is 2.52 bits per heavy atom. The van der Waals surface area contributed by atoms with Crippen LogP contribution in [0, 0.1) is 5.82 Å². The highest BCUT2D eigenvalue weighted by atomic mass is 19.1. The number of nitrogens with one attached hydrogen (secondary N) is 1. The molecule has 0 spiro atoms. The van der Waals surface area contributed by atoms with Crippen LogP contribution in [0.2, 0.25) is 0 Å². The highest BCUT2D eigenvalue weighted by Gasteiger charge is 2.17. The third-order valence-electron chi connectivity index (χ3n) is 4.78. The molecular weight excluding hydrogens is 395 g/mol. The lowest BCUT2D eigenvalue weighted by Crippen LogP contribution is -2.02. The van der Waals surface area contributed by atoms with Crippen LogP contribution in [0.25, 0.3) is 33.4 Å². The molecule has 0 unspecified atom stereocenters. The number of hydrogen-bond donors (Lipinski definition) is 1. The Labute approximate surface area is 180 Å². The maximum Gasteiger partial charge on any atom is 0.163 e. The van der Waals surface area contributed by atoms with Crippen molar-refractivity contribution in [3.63, 3.8) is 0 Å². The van der Waals surface area contributed by atoms with E-state index in [4.69, 9.17) is 14.5 Å². The van der Waals surface area contributed by atoms with Crippen LogP contribution in [0.3, 0.4) is 0 Å². The standard InChI is InChI=1S/C24H23FN4O2/c1-4-30-17-8-9-20(25)18(13-17)16-11-19-22(21(12-16)31-5-2)28-23(29-24(19)26-3)15-7-6-10-27-14-15/h6-14H,4-5H2,1-3H3,(H,26,28,29). The lowest BCUT2D eigenvalue weighted by atomic mass is 10.0. The van der Waals surface area contributed by atoms with Crippen molar-refractivity contribution in [2.75, 3.05) is 25.6 Å². The van der Waals surface area contributed by atoms with Gasteiger partial charge in [-0.05, 0) is 61.9 Å². The van der Waals surface area contributed by atoms with Crippen molar-refractivity contribution >= 4 is 16.7 Å². The van der Waals surface area contributed by atoms with Crippen LogP contribution < -0.4 is 14.8 Å². The molecule has 1 N–H and O–H groups in total. The molecule has 0 saturated heterocycles. The average molecular weight is 418 g/mol. The molecule has 0 aliphatic carbocycles. The summed E-state index contributed by atoms with van der Waals surface area (Å²) in [5, 5.41) is 3.86. The molecule has 0 aliphatic heterocycles. The molecule has 0 radical (unpaired) electrons. The van der Waals surface area contributed by atoms with Crippen molar-refractivity contribution in [2.24, 2.45) is 0 Å². The molecule has 0 fully saturated rings. The maximum atomic E-state index is 14.7. The number of aromatic nitrogens is 3. The Morgan fingerprint density at radius 2 is 1.81 bits per heavy atom. The molecule has 0 bridgehead atoms. The summed E-state index contributed by atoms with van der Waals surface area (Å²) in [4.78, 5) is 13.6.